The predicted octanol–water partition coefficient (Wildman–Crippen LogP) is 6.07. The molecule has 0 aromatic heterocycles. The molecule has 0 amide bonds. The lowest BCUT2D eigenvalue weighted by Crippen LogP contribution is -2.32. The van der Waals surface area contributed by atoms with E-state index in [2.05, 4.69) is 5.18 Å². The molecule has 1 atom stereocenters. The van der Waals surface area contributed by atoms with Crippen LogP contribution in [0.15, 0.2) is 108 Å². The van der Waals surface area contributed by atoms with Crippen LogP contribution < -0.4 is 0 Å². The highest BCUT2D eigenvalue weighted by molar-refractivity contribution is 6.17. The quantitative estimate of drug-likeness (QED) is 0.202. The molecular formula is C27H21NO3. The molecule has 0 fully saturated rings. The summed E-state index contributed by atoms with van der Waals surface area (Å²) in [6, 6.07) is 31.0. The summed E-state index contributed by atoms with van der Waals surface area (Å²) >= 11 is 0. The first-order valence-corrected chi connectivity index (χ1v) is 10.2. The van der Waals surface area contributed by atoms with E-state index in [0.717, 1.165) is 16.3 Å². The summed E-state index contributed by atoms with van der Waals surface area (Å²) in [6.07, 6.45) is 0. The van der Waals surface area contributed by atoms with Gasteiger partial charge in [0.25, 0.3) is 0 Å². The number of fused-ring (bicyclic) bond motifs is 1. The molecule has 4 aromatic carbocycles. The van der Waals surface area contributed by atoms with Gasteiger partial charge in [0.2, 0.25) is 0 Å². The zero-order chi connectivity index (χ0) is 21.6. The molecule has 0 aliphatic carbocycles. The number of nitrogens with zero attached hydrogens (tertiary/aromatic N) is 1. The average molecular weight is 407 g/mol. The summed E-state index contributed by atoms with van der Waals surface area (Å²) in [7, 11) is 0. The van der Waals surface area contributed by atoms with Crippen LogP contribution in [0.3, 0.4) is 0 Å². The Balaban J connectivity index is 1.89. The van der Waals surface area contributed by atoms with Crippen molar-refractivity contribution in [2.45, 2.75) is 5.92 Å². The van der Waals surface area contributed by atoms with Crippen LogP contribution in [0, 0.1) is 10.8 Å². The van der Waals surface area contributed by atoms with E-state index >= 15 is 0 Å². The third kappa shape index (κ3) is 4.19. The maximum atomic E-state index is 13.6. The van der Waals surface area contributed by atoms with Gasteiger partial charge in [0.05, 0.1) is 12.5 Å². The third-order valence-electron chi connectivity index (χ3n) is 5.58. The van der Waals surface area contributed by atoms with E-state index in [4.69, 9.17) is 0 Å². The molecule has 0 spiro atoms. The molecule has 0 bridgehead atoms. The number of hydrogen-bond acceptors (Lipinski definition) is 4. The van der Waals surface area contributed by atoms with Crippen LogP contribution in [-0.4, -0.2) is 18.1 Å². The maximum absolute atomic E-state index is 13.6. The van der Waals surface area contributed by atoms with Crippen molar-refractivity contribution in [2.24, 2.45) is 11.1 Å². The zero-order valence-corrected chi connectivity index (χ0v) is 16.8. The van der Waals surface area contributed by atoms with Gasteiger partial charge in [0.15, 0.2) is 11.6 Å². The second kappa shape index (κ2) is 9.26. The molecule has 0 heterocycles. The van der Waals surface area contributed by atoms with Gasteiger partial charge in [-0.05, 0) is 16.3 Å². The van der Waals surface area contributed by atoms with Crippen molar-refractivity contribution in [2.75, 3.05) is 6.54 Å². The number of hydrogen-bond donors (Lipinski definition) is 0. The summed E-state index contributed by atoms with van der Waals surface area (Å²) in [5.74, 6) is -2.36. The van der Waals surface area contributed by atoms with E-state index in [1.165, 1.54) is 0 Å². The van der Waals surface area contributed by atoms with E-state index < -0.39 is 11.8 Å². The topological polar surface area (TPSA) is 63.6 Å². The van der Waals surface area contributed by atoms with Crippen LogP contribution in [0.5, 0.6) is 0 Å². The van der Waals surface area contributed by atoms with Crippen LogP contribution >= 0.6 is 0 Å². The minimum Gasteiger partial charge on any atom is -0.293 e. The summed E-state index contributed by atoms with van der Waals surface area (Å²) in [6.45, 7) is -0.171. The molecule has 0 radical (unpaired) electrons. The first-order valence-electron chi connectivity index (χ1n) is 10.2. The normalized spacial score (nSPS) is 11.9. The standard InChI is InChI=1S/C27H21NO3/c29-26(20-11-3-1-4-12-20)25(27(30)21-13-5-2-6-14-21)24(18-28-31)23-17-9-15-19-10-7-8-16-22(19)23/h1-17,24-25H,18H2/t24-/m1/s1. The highest BCUT2D eigenvalue weighted by Gasteiger charge is 2.37. The monoisotopic (exact) mass is 407 g/mol. The Hall–Kier alpha value is -3.92. The van der Waals surface area contributed by atoms with Crippen molar-refractivity contribution in [3.8, 4) is 0 Å². The van der Waals surface area contributed by atoms with Crippen molar-refractivity contribution in [3.63, 3.8) is 0 Å². The maximum Gasteiger partial charge on any atom is 0.174 e. The number of carbonyl (C=O) groups is 2. The van der Waals surface area contributed by atoms with Gasteiger partial charge >= 0.3 is 0 Å². The Morgan fingerprint density at radius 3 is 1.74 bits per heavy atom. The molecule has 0 N–H and O–H groups in total. The first-order chi connectivity index (χ1) is 15.2. The van der Waals surface area contributed by atoms with Gasteiger partial charge in [0, 0.05) is 17.0 Å². The van der Waals surface area contributed by atoms with Gasteiger partial charge in [-0.2, -0.15) is 4.91 Å². The summed E-state index contributed by atoms with van der Waals surface area (Å²) in [5, 5.41) is 5.03. The van der Waals surface area contributed by atoms with Crippen LogP contribution in [0.4, 0.5) is 0 Å². The van der Waals surface area contributed by atoms with E-state index in [1.807, 2.05) is 54.6 Å². The number of rotatable bonds is 8. The largest absolute Gasteiger partial charge is 0.293 e. The Kier molecular flexibility index (Phi) is 6.08. The molecule has 4 rings (SSSR count). The fourth-order valence-corrected chi connectivity index (χ4v) is 4.09. The summed E-state index contributed by atoms with van der Waals surface area (Å²) in [5.41, 5.74) is 1.65. The molecule has 0 unspecified atom stereocenters. The molecule has 0 aliphatic heterocycles. The van der Waals surface area contributed by atoms with Crippen molar-refractivity contribution in [1.29, 1.82) is 0 Å². The van der Waals surface area contributed by atoms with Gasteiger partial charge in [-0.15, -0.1) is 0 Å². The Morgan fingerprint density at radius 1 is 0.645 bits per heavy atom. The number of benzene rings is 4. The number of Topliss-reactive ketones (excluding diaryl/α,β-unsaturated/α-hetero) is 2. The SMILES string of the molecule is O=NC[C@H](c1cccc2ccccc12)C(C(=O)c1ccccc1)C(=O)c1ccccc1. The molecule has 152 valence electrons. The number of carbonyl (C=O) groups excluding carboxylic acids is 2. The molecule has 4 aromatic rings. The number of ketones is 2. The van der Waals surface area contributed by atoms with Crippen molar-refractivity contribution < 1.29 is 9.59 Å². The Morgan fingerprint density at radius 2 is 1.16 bits per heavy atom. The summed E-state index contributed by atoms with van der Waals surface area (Å²) in [4.78, 5) is 38.7. The summed E-state index contributed by atoms with van der Waals surface area (Å²) < 4.78 is 0. The molecule has 0 saturated carbocycles. The zero-order valence-electron chi connectivity index (χ0n) is 16.8. The highest BCUT2D eigenvalue weighted by atomic mass is 16.3. The lowest BCUT2D eigenvalue weighted by molar-refractivity contribution is 0.0785. The lowest BCUT2D eigenvalue weighted by Gasteiger charge is -2.25. The van der Waals surface area contributed by atoms with Crippen LogP contribution in [0.2, 0.25) is 0 Å². The van der Waals surface area contributed by atoms with Gasteiger partial charge in [-0.1, -0.05) is 108 Å². The molecule has 4 nitrogen and oxygen atoms in total. The van der Waals surface area contributed by atoms with E-state index in [9.17, 15) is 14.5 Å². The predicted molar refractivity (Wildman–Crippen MR) is 122 cm³/mol. The van der Waals surface area contributed by atoms with E-state index in [-0.39, 0.29) is 18.1 Å². The minimum atomic E-state index is -1.06. The smallest absolute Gasteiger partial charge is 0.174 e. The van der Waals surface area contributed by atoms with Gasteiger partial charge in [-0.3, -0.25) is 9.59 Å². The van der Waals surface area contributed by atoms with E-state index in [0.29, 0.717) is 11.1 Å². The van der Waals surface area contributed by atoms with Gasteiger partial charge < -0.3 is 0 Å². The average Bonchev–Trinajstić information content (AvgIpc) is 2.84. The molecule has 4 heteroatoms. The number of nitroso groups, excluding NO2 is 1. The van der Waals surface area contributed by atoms with Crippen molar-refractivity contribution >= 4 is 22.3 Å². The van der Waals surface area contributed by atoms with Crippen LogP contribution in [-0.2, 0) is 0 Å². The molecule has 31 heavy (non-hydrogen) atoms. The lowest BCUT2D eigenvalue weighted by atomic mass is 9.76. The molecule has 0 aliphatic rings. The van der Waals surface area contributed by atoms with E-state index in [1.54, 1.807) is 48.5 Å². The van der Waals surface area contributed by atoms with Gasteiger partial charge in [0.1, 0.15) is 0 Å². The second-order valence-corrected chi connectivity index (χ2v) is 7.42. The van der Waals surface area contributed by atoms with Crippen molar-refractivity contribution in [3.05, 3.63) is 125 Å². The van der Waals surface area contributed by atoms with Crippen molar-refractivity contribution in [1.82, 2.24) is 0 Å². The Labute approximate surface area is 180 Å². The van der Waals surface area contributed by atoms with Gasteiger partial charge in [-0.25, -0.2) is 0 Å². The minimum absolute atomic E-state index is 0.171. The van der Waals surface area contributed by atoms with Crippen LogP contribution in [0.25, 0.3) is 10.8 Å². The molecule has 0 saturated heterocycles. The van der Waals surface area contributed by atoms with Crippen LogP contribution in [0.1, 0.15) is 32.2 Å². The first kappa shape index (κ1) is 20.4. The Bertz CT molecular complexity index is 1160. The highest BCUT2D eigenvalue weighted by Crippen LogP contribution is 2.35. The fraction of sp³-hybridized carbons (Fsp3) is 0.111. The third-order valence-corrected chi connectivity index (χ3v) is 5.58. The fourth-order valence-electron chi connectivity index (χ4n) is 4.09. The second-order valence-electron chi connectivity index (χ2n) is 7.42. The molecular weight excluding hydrogens is 386 g/mol.